The van der Waals surface area contributed by atoms with Gasteiger partial charge in [-0.1, -0.05) is 38.5 Å². The van der Waals surface area contributed by atoms with E-state index in [4.69, 9.17) is 0 Å². The summed E-state index contributed by atoms with van der Waals surface area (Å²) >= 11 is 0. The lowest BCUT2D eigenvalue weighted by Crippen LogP contribution is -2.45. The summed E-state index contributed by atoms with van der Waals surface area (Å²) in [4.78, 5) is 24.9. The Morgan fingerprint density at radius 2 is 1.72 bits per heavy atom. The average molecular weight is 251 g/mol. The summed E-state index contributed by atoms with van der Waals surface area (Å²) in [6.07, 6.45) is 7.25. The van der Waals surface area contributed by atoms with Crippen molar-refractivity contribution in [3.05, 3.63) is 0 Å². The van der Waals surface area contributed by atoms with Crippen molar-refractivity contribution in [3.8, 4) is 0 Å². The Hall–Kier alpha value is -0.995. The van der Waals surface area contributed by atoms with Crippen molar-refractivity contribution in [1.29, 1.82) is 0 Å². The summed E-state index contributed by atoms with van der Waals surface area (Å²) in [5.41, 5.74) is 0. The fraction of sp³-hybridized carbons (Fsp3) is 0.846. The number of amides is 2. The Balaban J connectivity index is 2.33. The Morgan fingerprint density at radius 1 is 1.17 bits per heavy atom. The van der Waals surface area contributed by atoms with Gasteiger partial charge < -0.3 is 10.1 Å². The van der Waals surface area contributed by atoms with Crippen molar-refractivity contribution >= 4 is 19.2 Å². The summed E-state index contributed by atoms with van der Waals surface area (Å²) in [6.45, 7) is 3.78. The van der Waals surface area contributed by atoms with E-state index in [9.17, 15) is 9.59 Å². The average Bonchev–Trinajstić information content (AvgIpc) is 2.62. The van der Waals surface area contributed by atoms with Gasteiger partial charge in [0.05, 0.1) is 0 Å². The lowest BCUT2D eigenvalue weighted by molar-refractivity contribution is -0.145. The molecule has 1 N–H and O–H groups in total. The third-order valence-corrected chi connectivity index (χ3v) is 3.64. The summed E-state index contributed by atoms with van der Waals surface area (Å²) in [5, 5.41) is 2.66. The van der Waals surface area contributed by atoms with Crippen molar-refractivity contribution in [1.82, 2.24) is 10.1 Å². The van der Waals surface area contributed by atoms with Crippen molar-refractivity contribution < 1.29 is 9.59 Å². The van der Waals surface area contributed by atoms with Gasteiger partial charge in [0.15, 0.2) is 0 Å². The van der Waals surface area contributed by atoms with Gasteiger partial charge in [-0.05, 0) is 19.7 Å². The second-order valence-corrected chi connectivity index (χ2v) is 5.40. The molecule has 5 heteroatoms. The van der Waals surface area contributed by atoms with E-state index in [2.05, 4.69) is 5.23 Å². The van der Waals surface area contributed by atoms with Crippen LogP contribution in [0.25, 0.3) is 0 Å². The van der Waals surface area contributed by atoms with Gasteiger partial charge in [-0.3, -0.25) is 9.59 Å². The van der Waals surface area contributed by atoms with Crippen LogP contribution in [0.1, 0.15) is 52.4 Å². The van der Waals surface area contributed by atoms with E-state index in [1.54, 1.807) is 7.05 Å². The first kappa shape index (κ1) is 15.1. The molecular formula is C13H24BN2O2. The van der Waals surface area contributed by atoms with Crippen LogP contribution in [0.2, 0.25) is 5.82 Å². The van der Waals surface area contributed by atoms with E-state index in [1.807, 2.05) is 21.3 Å². The topological polar surface area (TPSA) is 49.4 Å². The quantitative estimate of drug-likeness (QED) is 0.471. The van der Waals surface area contributed by atoms with Crippen LogP contribution in [-0.4, -0.2) is 37.2 Å². The van der Waals surface area contributed by atoms with Gasteiger partial charge in [-0.25, -0.2) is 0 Å². The third kappa shape index (κ3) is 4.71. The van der Waals surface area contributed by atoms with Crippen LogP contribution in [0, 0.1) is 0 Å². The number of nitrogens with one attached hydrogen (secondary N) is 1. The second kappa shape index (κ2) is 7.44. The molecule has 1 saturated carbocycles. The maximum absolute atomic E-state index is 11.7. The predicted molar refractivity (Wildman–Crippen MR) is 73.3 cm³/mol. The number of hydrogen-bond acceptors (Lipinski definition) is 2. The van der Waals surface area contributed by atoms with Gasteiger partial charge in [-0.2, -0.15) is 0 Å². The molecule has 1 aliphatic rings. The molecule has 0 spiro atoms. The van der Waals surface area contributed by atoms with E-state index in [-0.39, 0.29) is 6.04 Å². The molecule has 0 bridgehead atoms. The highest BCUT2D eigenvalue weighted by atomic mass is 16.2. The lowest BCUT2D eigenvalue weighted by atomic mass is 9.71. The molecule has 0 aliphatic heterocycles. The fourth-order valence-corrected chi connectivity index (χ4v) is 2.13. The molecule has 1 aliphatic carbocycles. The minimum Gasteiger partial charge on any atom is -0.395 e. The second-order valence-electron chi connectivity index (χ2n) is 5.40. The minimum atomic E-state index is -0.518. The lowest BCUT2D eigenvalue weighted by Gasteiger charge is -2.21. The number of rotatable bonds is 3. The SMILES string of the molecule is CC(C)N(C)C(=O)C(=O)N[B]C1CCCCCC1. The van der Waals surface area contributed by atoms with Crippen LogP contribution < -0.4 is 5.23 Å². The van der Waals surface area contributed by atoms with Crippen LogP contribution in [0.5, 0.6) is 0 Å². The van der Waals surface area contributed by atoms with Crippen LogP contribution in [0.15, 0.2) is 0 Å². The molecule has 0 unspecified atom stereocenters. The van der Waals surface area contributed by atoms with E-state index >= 15 is 0 Å². The number of hydrogen-bond donors (Lipinski definition) is 1. The van der Waals surface area contributed by atoms with Gasteiger partial charge in [0.1, 0.15) is 0 Å². The highest BCUT2D eigenvalue weighted by Crippen LogP contribution is 2.25. The zero-order chi connectivity index (χ0) is 13.5. The first-order valence-corrected chi connectivity index (χ1v) is 6.93. The molecule has 2 amide bonds. The first-order valence-electron chi connectivity index (χ1n) is 6.93. The highest BCUT2D eigenvalue weighted by Gasteiger charge is 2.22. The monoisotopic (exact) mass is 251 g/mol. The molecule has 0 heterocycles. The molecule has 4 nitrogen and oxygen atoms in total. The molecule has 0 saturated heterocycles. The molecule has 18 heavy (non-hydrogen) atoms. The minimum absolute atomic E-state index is 0.0427. The summed E-state index contributed by atoms with van der Waals surface area (Å²) in [5.74, 6) is -0.557. The van der Waals surface area contributed by atoms with Gasteiger partial charge in [-0.15, -0.1) is 0 Å². The Labute approximate surface area is 111 Å². The van der Waals surface area contributed by atoms with Crippen molar-refractivity contribution in [2.75, 3.05) is 7.05 Å². The Morgan fingerprint density at radius 3 is 2.22 bits per heavy atom. The van der Waals surface area contributed by atoms with E-state index in [1.165, 1.54) is 30.6 Å². The van der Waals surface area contributed by atoms with Gasteiger partial charge in [0.2, 0.25) is 7.41 Å². The molecule has 0 aromatic carbocycles. The summed E-state index contributed by atoms with van der Waals surface area (Å²) < 4.78 is 0. The smallest absolute Gasteiger partial charge is 0.310 e. The van der Waals surface area contributed by atoms with E-state index < -0.39 is 11.8 Å². The predicted octanol–water partition coefficient (Wildman–Crippen LogP) is 1.73. The van der Waals surface area contributed by atoms with Crippen molar-refractivity contribution in [2.45, 2.75) is 64.2 Å². The van der Waals surface area contributed by atoms with E-state index in [0.29, 0.717) is 5.82 Å². The summed E-state index contributed by atoms with van der Waals surface area (Å²) in [6, 6.07) is 0.0427. The van der Waals surface area contributed by atoms with Gasteiger partial charge in [0, 0.05) is 13.1 Å². The Kier molecular flexibility index (Phi) is 6.23. The number of carbonyl (C=O) groups is 2. The van der Waals surface area contributed by atoms with Crippen molar-refractivity contribution in [3.63, 3.8) is 0 Å². The molecule has 1 radical (unpaired) electrons. The van der Waals surface area contributed by atoms with Crippen LogP contribution in [-0.2, 0) is 9.59 Å². The molecule has 1 rings (SSSR count). The van der Waals surface area contributed by atoms with Crippen LogP contribution in [0.3, 0.4) is 0 Å². The largest absolute Gasteiger partial charge is 0.395 e. The van der Waals surface area contributed by atoms with Crippen LogP contribution >= 0.6 is 0 Å². The molecule has 0 aromatic rings. The molecular weight excluding hydrogens is 227 g/mol. The zero-order valence-corrected chi connectivity index (χ0v) is 11.7. The normalized spacial score (nSPS) is 17.1. The third-order valence-electron chi connectivity index (χ3n) is 3.64. The fourth-order valence-electron chi connectivity index (χ4n) is 2.13. The maximum atomic E-state index is 11.7. The molecule has 101 valence electrons. The summed E-state index contributed by atoms with van der Waals surface area (Å²) in [7, 11) is 3.47. The van der Waals surface area contributed by atoms with Gasteiger partial charge in [0.25, 0.3) is 5.91 Å². The molecule has 0 aromatic heterocycles. The van der Waals surface area contributed by atoms with E-state index in [0.717, 1.165) is 12.8 Å². The standard InChI is InChI=1S/C13H24BN2O2/c1-10(2)16(3)13(18)12(17)15-14-11-8-6-4-5-7-9-11/h10-11H,4-9H2,1-3H3,(H,15,17). The van der Waals surface area contributed by atoms with Crippen molar-refractivity contribution in [2.24, 2.45) is 0 Å². The Bertz CT molecular complexity index is 287. The molecule has 0 atom stereocenters. The zero-order valence-electron chi connectivity index (χ0n) is 11.7. The van der Waals surface area contributed by atoms with Crippen LogP contribution in [0.4, 0.5) is 0 Å². The highest BCUT2D eigenvalue weighted by molar-refractivity contribution is 6.48. The molecule has 1 fully saturated rings. The number of likely N-dealkylation sites (N-methyl/N-ethyl adjacent to an activating group) is 1. The number of carbonyl (C=O) groups excluding carboxylic acids is 2. The number of nitrogens with zero attached hydrogens (tertiary/aromatic N) is 1. The van der Waals surface area contributed by atoms with Gasteiger partial charge >= 0.3 is 5.91 Å². The first-order chi connectivity index (χ1) is 8.52. The maximum Gasteiger partial charge on any atom is 0.310 e.